The number of H-pyrrole nitrogens is 1. The van der Waals surface area contributed by atoms with Crippen LogP contribution >= 0.6 is 0 Å². The molecule has 1 aliphatic rings. The van der Waals surface area contributed by atoms with Gasteiger partial charge in [-0.25, -0.2) is 0 Å². The monoisotopic (exact) mass is 350 g/mol. The van der Waals surface area contributed by atoms with Crippen molar-refractivity contribution in [2.75, 3.05) is 20.2 Å². The van der Waals surface area contributed by atoms with Gasteiger partial charge in [0.1, 0.15) is 0 Å². The molecule has 1 aliphatic heterocycles. The van der Waals surface area contributed by atoms with Crippen molar-refractivity contribution in [2.24, 2.45) is 0 Å². The van der Waals surface area contributed by atoms with Gasteiger partial charge in [0.2, 0.25) is 0 Å². The molecule has 5 heteroatoms. The van der Waals surface area contributed by atoms with Crippen molar-refractivity contribution >= 4 is 16.7 Å². The second kappa shape index (κ2) is 6.50. The second-order valence-corrected chi connectivity index (χ2v) is 6.79. The van der Waals surface area contributed by atoms with Gasteiger partial charge in [0, 0.05) is 35.2 Å². The van der Waals surface area contributed by atoms with Crippen LogP contribution in [0.5, 0.6) is 11.5 Å². The van der Waals surface area contributed by atoms with Gasteiger partial charge >= 0.3 is 0 Å². The summed E-state index contributed by atoms with van der Waals surface area (Å²) in [5.74, 6) is 0.755. The maximum absolute atomic E-state index is 12.9. The third-order valence-corrected chi connectivity index (χ3v) is 5.34. The Kier molecular flexibility index (Phi) is 4.17. The van der Waals surface area contributed by atoms with Gasteiger partial charge < -0.3 is 14.8 Å². The smallest absolute Gasteiger partial charge is 0.178 e. The highest BCUT2D eigenvalue weighted by Crippen LogP contribution is 2.37. The van der Waals surface area contributed by atoms with Crippen LogP contribution in [0.4, 0.5) is 0 Å². The minimum absolute atomic E-state index is 0.0856. The van der Waals surface area contributed by atoms with Crippen LogP contribution in [0.25, 0.3) is 10.9 Å². The fourth-order valence-corrected chi connectivity index (χ4v) is 3.84. The molecule has 3 aromatic rings. The predicted octanol–water partition coefficient (Wildman–Crippen LogP) is 3.68. The SMILES string of the molecule is COc1cc2c(cc1O)CCN(CC(=O)c1c[nH]c3ccccc13)[C@H]2C. The van der Waals surface area contributed by atoms with Gasteiger partial charge in [-0.15, -0.1) is 0 Å². The maximum Gasteiger partial charge on any atom is 0.178 e. The molecular weight excluding hydrogens is 328 g/mol. The summed E-state index contributed by atoms with van der Waals surface area (Å²) in [4.78, 5) is 18.3. The molecule has 26 heavy (non-hydrogen) atoms. The number of para-hydroxylation sites is 1. The molecule has 0 unspecified atom stereocenters. The van der Waals surface area contributed by atoms with Crippen molar-refractivity contribution in [3.63, 3.8) is 0 Å². The molecule has 4 rings (SSSR count). The van der Waals surface area contributed by atoms with Crippen LogP contribution in [-0.4, -0.2) is 41.0 Å². The maximum atomic E-state index is 12.9. The zero-order valence-corrected chi connectivity index (χ0v) is 15.0. The summed E-state index contributed by atoms with van der Waals surface area (Å²) in [6, 6.07) is 11.6. The standard InChI is InChI=1S/C21H22N2O3/c1-13-16-10-21(26-2)19(24)9-14(16)7-8-23(13)12-20(25)17-11-22-18-6-4-3-5-15(17)18/h3-6,9-11,13,22,24H,7-8,12H2,1-2H3/t13-/m0/s1. The van der Waals surface area contributed by atoms with Gasteiger partial charge in [-0.3, -0.25) is 9.69 Å². The number of ether oxygens (including phenoxy) is 1. The van der Waals surface area contributed by atoms with Crippen LogP contribution in [0, 0.1) is 0 Å². The van der Waals surface area contributed by atoms with E-state index in [1.54, 1.807) is 19.4 Å². The largest absolute Gasteiger partial charge is 0.504 e. The summed E-state index contributed by atoms with van der Waals surface area (Å²) in [5.41, 5.74) is 3.94. The molecule has 134 valence electrons. The van der Waals surface area contributed by atoms with E-state index in [1.165, 1.54) is 0 Å². The van der Waals surface area contributed by atoms with E-state index in [0.717, 1.165) is 40.6 Å². The van der Waals surface area contributed by atoms with Crippen LogP contribution in [0.15, 0.2) is 42.6 Å². The highest BCUT2D eigenvalue weighted by atomic mass is 16.5. The van der Waals surface area contributed by atoms with Gasteiger partial charge in [-0.1, -0.05) is 18.2 Å². The van der Waals surface area contributed by atoms with Crippen LogP contribution < -0.4 is 4.74 Å². The Balaban J connectivity index is 1.59. The van der Waals surface area contributed by atoms with Crippen LogP contribution in [0.1, 0.15) is 34.5 Å². The molecule has 2 aromatic carbocycles. The zero-order valence-electron chi connectivity index (χ0n) is 15.0. The number of Topliss-reactive ketones (excluding diaryl/α,β-unsaturated/α-hetero) is 1. The minimum Gasteiger partial charge on any atom is -0.504 e. The first-order chi connectivity index (χ1) is 12.6. The number of nitrogens with zero attached hydrogens (tertiary/aromatic N) is 1. The number of phenols is 1. The zero-order chi connectivity index (χ0) is 18.3. The van der Waals surface area contributed by atoms with E-state index in [-0.39, 0.29) is 17.6 Å². The molecule has 2 N–H and O–H groups in total. The van der Waals surface area contributed by atoms with Crippen LogP contribution in [0.3, 0.4) is 0 Å². The molecule has 5 nitrogen and oxygen atoms in total. The van der Waals surface area contributed by atoms with E-state index >= 15 is 0 Å². The number of carbonyl (C=O) groups excluding carboxylic acids is 1. The summed E-state index contributed by atoms with van der Waals surface area (Å²) >= 11 is 0. The number of aromatic amines is 1. The first-order valence-corrected chi connectivity index (χ1v) is 8.81. The van der Waals surface area contributed by atoms with Gasteiger partial charge in [0.15, 0.2) is 17.3 Å². The molecular formula is C21H22N2O3. The highest BCUT2D eigenvalue weighted by Gasteiger charge is 2.27. The Morgan fingerprint density at radius 3 is 2.96 bits per heavy atom. The van der Waals surface area contributed by atoms with Gasteiger partial charge in [0.25, 0.3) is 0 Å². The van der Waals surface area contributed by atoms with Crippen molar-refractivity contribution in [3.05, 3.63) is 59.3 Å². The molecule has 1 aromatic heterocycles. The lowest BCUT2D eigenvalue weighted by Gasteiger charge is -2.35. The Bertz CT molecular complexity index is 977. The van der Waals surface area contributed by atoms with Gasteiger partial charge in [-0.05, 0) is 42.7 Å². The number of aromatic hydroxyl groups is 1. The van der Waals surface area contributed by atoms with E-state index < -0.39 is 0 Å². The molecule has 2 heterocycles. The molecule has 0 fully saturated rings. The third kappa shape index (κ3) is 2.74. The van der Waals surface area contributed by atoms with Gasteiger partial charge in [0.05, 0.1) is 13.7 Å². The van der Waals surface area contributed by atoms with Crippen molar-refractivity contribution in [1.82, 2.24) is 9.88 Å². The molecule has 0 saturated heterocycles. The predicted molar refractivity (Wildman–Crippen MR) is 101 cm³/mol. The number of hydrogen-bond donors (Lipinski definition) is 2. The number of ketones is 1. The van der Waals surface area contributed by atoms with Crippen LogP contribution in [-0.2, 0) is 6.42 Å². The molecule has 0 amide bonds. The number of hydrogen-bond acceptors (Lipinski definition) is 4. The number of methoxy groups -OCH3 is 1. The van der Waals surface area contributed by atoms with E-state index in [4.69, 9.17) is 4.74 Å². The summed E-state index contributed by atoms with van der Waals surface area (Å²) in [6.07, 6.45) is 2.61. The molecule has 0 bridgehead atoms. The van der Waals surface area contributed by atoms with Crippen LogP contribution in [0.2, 0.25) is 0 Å². The fourth-order valence-electron chi connectivity index (χ4n) is 3.84. The molecule has 0 saturated carbocycles. The summed E-state index contributed by atoms with van der Waals surface area (Å²) < 4.78 is 5.24. The number of carbonyl (C=O) groups is 1. The first kappa shape index (κ1) is 16.7. The van der Waals surface area contributed by atoms with Crippen molar-refractivity contribution in [3.8, 4) is 11.5 Å². The lowest BCUT2D eigenvalue weighted by atomic mass is 9.92. The lowest BCUT2D eigenvalue weighted by Crippen LogP contribution is -2.37. The highest BCUT2D eigenvalue weighted by molar-refractivity contribution is 6.08. The van der Waals surface area contributed by atoms with E-state index in [2.05, 4.69) is 16.8 Å². The van der Waals surface area contributed by atoms with E-state index in [1.807, 2.05) is 30.3 Å². The Morgan fingerprint density at radius 1 is 1.35 bits per heavy atom. The summed E-state index contributed by atoms with van der Waals surface area (Å²) in [7, 11) is 1.55. The fraction of sp³-hybridized carbons (Fsp3) is 0.286. The Labute approximate surface area is 152 Å². The number of benzene rings is 2. The molecule has 0 spiro atoms. The number of aromatic nitrogens is 1. The normalized spacial score (nSPS) is 17.2. The average molecular weight is 350 g/mol. The first-order valence-electron chi connectivity index (χ1n) is 8.81. The van der Waals surface area contributed by atoms with Crippen molar-refractivity contribution < 1.29 is 14.6 Å². The van der Waals surface area contributed by atoms with E-state index in [9.17, 15) is 9.90 Å². The summed E-state index contributed by atoms with van der Waals surface area (Å²) in [6.45, 7) is 3.25. The molecule has 0 radical (unpaired) electrons. The molecule has 0 aliphatic carbocycles. The van der Waals surface area contributed by atoms with E-state index in [0.29, 0.717) is 12.3 Å². The molecule has 1 atom stereocenters. The van der Waals surface area contributed by atoms with Crippen molar-refractivity contribution in [1.29, 1.82) is 0 Å². The van der Waals surface area contributed by atoms with Gasteiger partial charge in [-0.2, -0.15) is 0 Å². The number of phenolic OH excluding ortho intramolecular Hbond substituents is 1. The van der Waals surface area contributed by atoms with Crippen molar-refractivity contribution in [2.45, 2.75) is 19.4 Å². The lowest BCUT2D eigenvalue weighted by molar-refractivity contribution is 0.0892. The third-order valence-electron chi connectivity index (χ3n) is 5.34. The minimum atomic E-state index is 0.0856. The average Bonchev–Trinajstić information content (AvgIpc) is 3.08. The number of rotatable bonds is 4. The number of fused-ring (bicyclic) bond motifs is 2. The topological polar surface area (TPSA) is 65.6 Å². The Hall–Kier alpha value is -2.79. The Morgan fingerprint density at radius 2 is 2.15 bits per heavy atom. The quantitative estimate of drug-likeness (QED) is 0.705. The number of nitrogens with one attached hydrogen (secondary N) is 1. The summed E-state index contributed by atoms with van der Waals surface area (Å²) in [5, 5.41) is 11.0. The second-order valence-electron chi connectivity index (χ2n) is 6.79.